The average molecular weight is 327 g/mol. The lowest BCUT2D eigenvalue weighted by Crippen LogP contribution is -2.33. The van der Waals surface area contributed by atoms with Crippen LogP contribution in [-0.4, -0.2) is 69.1 Å². The first-order chi connectivity index (χ1) is 10.2. The van der Waals surface area contributed by atoms with Gasteiger partial charge in [-0.1, -0.05) is 0 Å². The Morgan fingerprint density at radius 3 is 2.32 bits per heavy atom. The molecular formula is C13H21N5O3S. The van der Waals surface area contributed by atoms with Crippen molar-refractivity contribution >= 4 is 28.0 Å². The zero-order valence-electron chi connectivity index (χ0n) is 13.1. The van der Waals surface area contributed by atoms with Crippen molar-refractivity contribution < 1.29 is 13.2 Å². The van der Waals surface area contributed by atoms with Crippen LogP contribution in [0, 0.1) is 0 Å². The largest absolute Gasteiger partial charge is 0.351 e. The van der Waals surface area contributed by atoms with Crippen LogP contribution in [0.5, 0.6) is 0 Å². The van der Waals surface area contributed by atoms with Crippen LogP contribution in [0.2, 0.25) is 0 Å². The first-order valence-electron chi connectivity index (χ1n) is 6.58. The quantitative estimate of drug-likeness (QED) is 0.682. The predicted molar refractivity (Wildman–Crippen MR) is 85.9 cm³/mol. The Kier molecular flexibility index (Phi) is 6.44. The van der Waals surface area contributed by atoms with E-state index in [4.69, 9.17) is 0 Å². The summed E-state index contributed by atoms with van der Waals surface area (Å²) in [6.07, 6.45) is 6.08. The third-order valence-electron chi connectivity index (χ3n) is 2.70. The van der Waals surface area contributed by atoms with Crippen LogP contribution in [-0.2, 0) is 14.8 Å². The summed E-state index contributed by atoms with van der Waals surface area (Å²) < 4.78 is 24.2. The molecule has 0 aromatic carbocycles. The Bertz CT molecular complexity index is 624. The first-order valence-corrected chi connectivity index (χ1v) is 8.19. The standard InChI is InChI=1S/C13H21N5O3S/c1-17(2)13-15-9-11(10-16-13)5-6-12(19)14-7-8-22(20,21)18(3)4/h5-6,9-10H,7-8H2,1-4H3,(H,14,19)/b6-5+. The van der Waals surface area contributed by atoms with Crippen LogP contribution < -0.4 is 10.2 Å². The van der Waals surface area contributed by atoms with Crippen molar-refractivity contribution in [2.24, 2.45) is 0 Å². The fraction of sp³-hybridized carbons (Fsp3) is 0.462. The predicted octanol–water partition coefficient (Wildman–Crippen LogP) is -0.437. The molecule has 122 valence electrons. The fourth-order valence-electron chi connectivity index (χ4n) is 1.36. The molecule has 8 nitrogen and oxygen atoms in total. The van der Waals surface area contributed by atoms with Gasteiger partial charge in [-0.2, -0.15) is 0 Å². The number of rotatable bonds is 7. The maximum Gasteiger partial charge on any atom is 0.244 e. The zero-order chi connectivity index (χ0) is 16.8. The van der Waals surface area contributed by atoms with Crippen LogP contribution in [0.1, 0.15) is 5.56 Å². The van der Waals surface area contributed by atoms with Gasteiger partial charge in [0, 0.05) is 58.8 Å². The van der Waals surface area contributed by atoms with E-state index in [1.54, 1.807) is 23.4 Å². The van der Waals surface area contributed by atoms with E-state index in [2.05, 4.69) is 15.3 Å². The number of carbonyl (C=O) groups excluding carboxylic acids is 1. The molecule has 0 spiro atoms. The lowest BCUT2D eigenvalue weighted by atomic mass is 10.3. The van der Waals surface area contributed by atoms with Crippen LogP contribution in [0.15, 0.2) is 18.5 Å². The summed E-state index contributed by atoms with van der Waals surface area (Å²) in [6.45, 7) is 0.0553. The normalized spacial score (nSPS) is 11.9. The molecule has 0 aliphatic carbocycles. The molecular weight excluding hydrogens is 306 g/mol. The monoisotopic (exact) mass is 327 g/mol. The van der Waals surface area contributed by atoms with Gasteiger partial charge in [0.15, 0.2) is 0 Å². The second kappa shape index (κ2) is 7.85. The molecule has 0 fully saturated rings. The van der Waals surface area contributed by atoms with Crippen LogP contribution in [0.4, 0.5) is 5.95 Å². The Morgan fingerprint density at radius 1 is 1.23 bits per heavy atom. The highest BCUT2D eigenvalue weighted by atomic mass is 32.2. The summed E-state index contributed by atoms with van der Waals surface area (Å²) in [7, 11) is 3.27. The van der Waals surface area contributed by atoms with Crippen molar-refractivity contribution in [1.82, 2.24) is 19.6 Å². The zero-order valence-corrected chi connectivity index (χ0v) is 14.0. The Labute approximate surface area is 130 Å². The highest BCUT2D eigenvalue weighted by Crippen LogP contribution is 2.04. The average Bonchev–Trinajstić information content (AvgIpc) is 2.45. The molecule has 1 aromatic rings. The maximum atomic E-state index is 11.6. The van der Waals surface area contributed by atoms with Gasteiger partial charge in [0.1, 0.15) is 0 Å². The van der Waals surface area contributed by atoms with Gasteiger partial charge in [-0.05, 0) is 6.08 Å². The number of sulfonamides is 1. The van der Waals surface area contributed by atoms with Crippen LogP contribution in [0.3, 0.4) is 0 Å². The summed E-state index contributed by atoms with van der Waals surface area (Å²) in [5.41, 5.74) is 0.682. The van der Waals surface area contributed by atoms with Crippen molar-refractivity contribution in [2.45, 2.75) is 0 Å². The van der Waals surface area contributed by atoms with Gasteiger partial charge in [0.2, 0.25) is 21.9 Å². The fourth-order valence-corrected chi connectivity index (χ4v) is 2.09. The van der Waals surface area contributed by atoms with Crippen molar-refractivity contribution in [3.8, 4) is 0 Å². The minimum Gasteiger partial charge on any atom is -0.351 e. The molecule has 0 aliphatic heterocycles. The summed E-state index contributed by atoms with van der Waals surface area (Å²) in [4.78, 5) is 21.6. The minimum absolute atomic E-state index is 0.0553. The van der Waals surface area contributed by atoms with E-state index in [1.165, 1.54) is 20.2 Å². The third-order valence-corrected chi connectivity index (χ3v) is 4.53. The summed E-state index contributed by atoms with van der Waals surface area (Å²) in [5.74, 6) is 0.0707. The molecule has 1 rings (SSSR count). The van der Waals surface area contributed by atoms with Gasteiger partial charge in [0.05, 0.1) is 5.75 Å². The van der Waals surface area contributed by atoms with Gasteiger partial charge in [-0.25, -0.2) is 22.7 Å². The Balaban J connectivity index is 2.48. The number of hydrogen-bond acceptors (Lipinski definition) is 6. The molecule has 1 amide bonds. The molecule has 0 saturated carbocycles. The highest BCUT2D eigenvalue weighted by Gasteiger charge is 2.12. The molecule has 1 aromatic heterocycles. The molecule has 1 heterocycles. The van der Waals surface area contributed by atoms with Gasteiger partial charge in [-0.3, -0.25) is 4.79 Å². The van der Waals surface area contributed by atoms with Crippen molar-refractivity contribution in [1.29, 1.82) is 0 Å². The number of aromatic nitrogens is 2. The second-order valence-corrected chi connectivity index (χ2v) is 7.24. The Hall–Kier alpha value is -2.00. The molecule has 1 N–H and O–H groups in total. The van der Waals surface area contributed by atoms with Gasteiger partial charge >= 0.3 is 0 Å². The van der Waals surface area contributed by atoms with E-state index in [0.29, 0.717) is 11.5 Å². The van der Waals surface area contributed by atoms with Crippen LogP contribution in [0.25, 0.3) is 6.08 Å². The third kappa shape index (κ3) is 5.78. The smallest absolute Gasteiger partial charge is 0.244 e. The number of hydrogen-bond donors (Lipinski definition) is 1. The molecule has 9 heteroatoms. The summed E-state index contributed by atoms with van der Waals surface area (Å²) in [6, 6.07) is 0. The van der Waals surface area contributed by atoms with Crippen molar-refractivity contribution in [3.05, 3.63) is 24.0 Å². The number of nitrogens with zero attached hydrogens (tertiary/aromatic N) is 4. The van der Waals surface area contributed by atoms with Gasteiger partial charge in [0.25, 0.3) is 0 Å². The van der Waals surface area contributed by atoms with E-state index >= 15 is 0 Å². The number of amides is 1. The number of nitrogens with one attached hydrogen (secondary N) is 1. The molecule has 0 aliphatic rings. The lowest BCUT2D eigenvalue weighted by Gasteiger charge is -2.10. The first kappa shape index (κ1) is 18.1. The van der Waals surface area contributed by atoms with Crippen molar-refractivity contribution in [3.63, 3.8) is 0 Å². The van der Waals surface area contributed by atoms with E-state index < -0.39 is 10.0 Å². The van der Waals surface area contributed by atoms with Gasteiger partial charge < -0.3 is 10.2 Å². The number of anilines is 1. The number of carbonyl (C=O) groups is 1. The van der Waals surface area contributed by atoms with Gasteiger partial charge in [-0.15, -0.1) is 0 Å². The molecule has 0 atom stereocenters. The Morgan fingerprint density at radius 2 is 1.82 bits per heavy atom. The second-order valence-electron chi connectivity index (χ2n) is 4.93. The van der Waals surface area contributed by atoms with E-state index in [-0.39, 0.29) is 18.2 Å². The molecule has 0 bridgehead atoms. The van der Waals surface area contributed by atoms with E-state index in [1.807, 2.05) is 14.1 Å². The van der Waals surface area contributed by atoms with Crippen LogP contribution >= 0.6 is 0 Å². The molecule has 22 heavy (non-hydrogen) atoms. The topological polar surface area (TPSA) is 95.5 Å². The van der Waals surface area contributed by atoms with E-state index in [0.717, 1.165) is 4.31 Å². The molecule has 0 radical (unpaired) electrons. The SMILES string of the molecule is CN(C)c1ncc(/C=C/C(=O)NCCS(=O)(=O)N(C)C)cn1. The molecule has 0 unspecified atom stereocenters. The molecule has 0 saturated heterocycles. The highest BCUT2D eigenvalue weighted by molar-refractivity contribution is 7.89. The summed E-state index contributed by atoms with van der Waals surface area (Å²) in [5, 5.41) is 2.51. The minimum atomic E-state index is -3.30. The maximum absolute atomic E-state index is 11.6. The van der Waals surface area contributed by atoms with E-state index in [9.17, 15) is 13.2 Å². The summed E-state index contributed by atoms with van der Waals surface area (Å²) >= 11 is 0. The lowest BCUT2D eigenvalue weighted by molar-refractivity contribution is -0.116. The van der Waals surface area contributed by atoms with Crippen molar-refractivity contribution in [2.75, 3.05) is 45.4 Å².